The number of nitrogens with zero attached hydrogens (tertiary/aromatic N) is 4. The number of hydrogen-bond acceptors (Lipinski definition) is 7. The van der Waals surface area contributed by atoms with Gasteiger partial charge in [-0.25, -0.2) is 9.37 Å². The molecule has 4 rings (SSSR count). The number of pyridine rings is 2. The second-order valence-electron chi connectivity index (χ2n) is 10.0. The van der Waals surface area contributed by atoms with Crippen LogP contribution in [0.3, 0.4) is 0 Å². The van der Waals surface area contributed by atoms with Gasteiger partial charge in [-0.3, -0.25) is 4.98 Å². The molecule has 1 N–H and O–H groups in total. The molecular formula is C31H33FN4O3. The number of benzene rings is 2. The standard InChI is InChI=1S/C31H33FN4O3/c1-19-14-23(18-34-20(19)2)31(37,12-13-36(3)4)28(24-8-7-9-27(38-5)29(24)32)25-16-22-15-21(17-33)10-11-26(22)35-30(25)39-6/h7-11,14-16,18,28,37H,12-13H2,1-6H3/t28-,31-/m1/s1. The Balaban J connectivity index is 2.11. The van der Waals surface area contributed by atoms with Crippen molar-refractivity contribution in [1.29, 1.82) is 5.26 Å². The zero-order valence-corrected chi connectivity index (χ0v) is 23.1. The predicted molar refractivity (Wildman–Crippen MR) is 149 cm³/mol. The summed E-state index contributed by atoms with van der Waals surface area (Å²) in [5.74, 6) is -1.24. The van der Waals surface area contributed by atoms with Crippen LogP contribution in [0.25, 0.3) is 10.9 Å². The number of aryl methyl sites for hydroxylation is 2. The van der Waals surface area contributed by atoms with Crippen LogP contribution < -0.4 is 9.47 Å². The molecule has 4 aromatic rings. The van der Waals surface area contributed by atoms with E-state index >= 15 is 4.39 Å². The number of ether oxygens (including phenoxy) is 2. The number of nitriles is 1. The SMILES string of the molecule is COc1cccc([C@H](c2cc3cc(C#N)ccc3nc2OC)[C@@](O)(CCN(C)C)c2cnc(C)c(C)c2)c1F. The Bertz CT molecular complexity index is 1550. The Morgan fingerprint density at radius 2 is 1.85 bits per heavy atom. The molecule has 7 nitrogen and oxygen atoms in total. The van der Waals surface area contributed by atoms with Gasteiger partial charge in [0.2, 0.25) is 5.88 Å². The van der Waals surface area contributed by atoms with Gasteiger partial charge in [0, 0.05) is 40.5 Å². The molecule has 8 heteroatoms. The zero-order chi connectivity index (χ0) is 28.3. The molecular weight excluding hydrogens is 495 g/mol. The summed E-state index contributed by atoms with van der Waals surface area (Å²) in [5, 5.41) is 22.9. The number of aromatic nitrogens is 2. The Morgan fingerprint density at radius 3 is 2.49 bits per heavy atom. The Hall–Kier alpha value is -4.06. The first kappa shape index (κ1) is 28.0. The zero-order valence-electron chi connectivity index (χ0n) is 23.1. The summed E-state index contributed by atoms with van der Waals surface area (Å²) in [6.07, 6.45) is 1.91. The fourth-order valence-corrected chi connectivity index (χ4v) is 4.93. The van der Waals surface area contributed by atoms with E-state index in [0.29, 0.717) is 34.1 Å². The molecule has 0 aliphatic heterocycles. The van der Waals surface area contributed by atoms with Gasteiger partial charge in [0.25, 0.3) is 0 Å². The van der Waals surface area contributed by atoms with E-state index < -0.39 is 17.3 Å². The fraction of sp³-hybridized carbons (Fsp3) is 0.323. The molecule has 202 valence electrons. The first-order valence-corrected chi connectivity index (χ1v) is 12.6. The summed E-state index contributed by atoms with van der Waals surface area (Å²) in [7, 11) is 6.74. The third kappa shape index (κ3) is 5.42. The third-order valence-electron chi connectivity index (χ3n) is 7.22. The first-order valence-electron chi connectivity index (χ1n) is 12.6. The summed E-state index contributed by atoms with van der Waals surface area (Å²) in [5.41, 5.74) is 2.45. The van der Waals surface area contributed by atoms with Gasteiger partial charge >= 0.3 is 0 Å². The van der Waals surface area contributed by atoms with Gasteiger partial charge in [-0.05, 0) is 76.3 Å². The van der Waals surface area contributed by atoms with E-state index in [-0.39, 0.29) is 23.6 Å². The molecule has 0 amide bonds. The molecule has 0 spiro atoms. The van der Waals surface area contributed by atoms with Crippen molar-refractivity contribution in [2.45, 2.75) is 31.8 Å². The van der Waals surface area contributed by atoms with Gasteiger partial charge in [-0.15, -0.1) is 0 Å². The Labute approximate surface area is 228 Å². The van der Waals surface area contributed by atoms with Crippen molar-refractivity contribution < 1.29 is 19.0 Å². The average molecular weight is 529 g/mol. The van der Waals surface area contributed by atoms with Crippen molar-refractivity contribution in [2.75, 3.05) is 34.9 Å². The van der Waals surface area contributed by atoms with Crippen LogP contribution in [0.1, 0.15) is 45.8 Å². The molecule has 39 heavy (non-hydrogen) atoms. The number of fused-ring (bicyclic) bond motifs is 1. The minimum absolute atomic E-state index is 0.0603. The Morgan fingerprint density at radius 1 is 1.08 bits per heavy atom. The van der Waals surface area contributed by atoms with Gasteiger partial charge in [-0.2, -0.15) is 5.26 Å². The number of hydrogen-bond donors (Lipinski definition) is 1. The second kappa shape index (κ2) is 11.4. The summed E-state index contributed by atoms with van der Waals surface area (Å²) >= 11 is 0. The summed E-state index contributed by atoms with van der Waals surface area (Å²) in [4.78, 5) is 11.2. The third-order valence-corrected chi connectivity index (χ3v) is 7.22. The molecule has 0 fully saturated rings. The molecule has 0 bridgehead atoms. The first-order chi connectivity index (χ1) is 18.6. The van der Waals surface area contributed by atoms with Gasteiger partial charge in [0.15, 0.2) is 11.6 Å². The van der Waals surface area contributed by atoms with Crippen LogP contribution in [-0.4, -0.2) is 54.8 Å². The fourth-order valence-electron chi connectivity index (χ4n) is 4.93. The minimum atomic E-state index is -1.63. The topological polar surface area (TPSA) is 91.5 Å². The molecule has 0 aliphatic rings. The van der Waals surface area contributed by atoms with Crippen molar-refractivity contribution in [2.24, 2.45) is 0 Å². The lowest BCUT2D eigenvalue weighted by molar-refractivity contribution is 0.00244. The number of rotatable bonds is 9. The summed E-state index contributed by atoms with van der Waals surface area (Å²) in [6, 6.07) is 15.9. The summed E-state index contributed by atoms with van der Waals surface area (Å²) in [6.45, 7) is 4.34. The van der Waals surface area contributed by atoms with Crippen LogP contribution in [0.15, 0.2) is 54.7 Å². The number of methoxy groups -OCH3 is 2. The van der Waals surface area contributed by atoms with E-state index in [9.17, 15) is 10.4 Å². The van der Waals surface area contributed by atoms with Crippen molar-refractivity contribution >= 4 is 10.9 Å². The molecule has 2 heterocycles. The van der Waals surface area contributed by atoms with Gasteiger partial charge in [-0.1, -0.05) is 12.1 Å². The maximum atomic E-state index is 16.1. The number of halogens is 1. The van der Waals surface area contributed by atoms with Crippen LogP contribution in [0.5, 0.6) is 11.6 Å². The number of aliphatic hydroxyl groups is 1. The highest BCUT2D eigenvalue weighted by Gasteiger charge is 2.44. The lowest BCUT2D eigenvalue weighted by Gasteiger charge is -2.39. The maximum Gasteiger partial charge on any atom is 0.217 e. The quantitative estimate of drug-likeness (QED) is 0.317. The largest absolute Gasteiger partial charge is 0.494 e. The van der Waals surface area contributed by atoms with Crippen molar-refractivity contribution in [1.82, 2.24) is 14.9 Å². The molecule has 0 unspecified atom stereocenters. The molecule has 0 saturated carbocycles. The molecule has 0 radical (unpaired) electrons. The minimum Gasteiger partial charge on any atom is -0.494 e. The summed E-state index contributed by atoms with van der Waals surface area (Å²) < 4.78 is 27.2. The molecule has 2 aromatic heterocycles. The lowest BCUT2D eigenvalue weighted by Crippen LogP contribution is -2.38. The molecule has 0 aliphatic carbocycles. The van der Waals surface area contributed by atoms with E-state index in [0.717, 1.165) is 11.3 Å². The van der Waals surface area contributed by atoms with E-state index in [1.165, 1.54) is 14.2 Å². The predicted octanol–water partition coefficient (Wildman–Crippen LogP) is 5.25. The van der Waals surface area contributed by atoms with Crippen LogP contribution in [0.4, 0.5) is 4.39 Å². The van der Waals surface area contributed by atoms with Crippen molar-refractivity contribution in [3.63, 3.8) is 0 Å². The van der Waals surface area contributed by atoms with E-state index in [1.54, 1.807) is 42.6 Å². The normalized spacial score (nSPS) is 13.6. The highest BCUT2D eigenvalue weighted by atomic mass is 19.1. The van der Waals surface area contributed by atoms with Gasteiger partial charge in [0.05, 0.1) is 37.3 Å². The highest BCUT2D eigenvalue weighted by Crippen LogP contribution is 2.49. The van der Waals surface area contributed by atoms with E-state index in [1.807, 2.05) is 45.0 Å². The smallest absolute Gasteiger partial charge is 0.217 e. The average Bonchev–Trinajstić information content (AvgIpc) is 2.93. The van der Waals surface area contributed by atoms with E-state index in [4.69, 9.17) is 14.5 Å². The molecule has 2 aromatic carbocycles. The van der Waals surface area contributed by atoms with Gasteiger partial charge in [0.1, 0.15) is 5.60 Å². The lowest BCUT2D eigenvalue weighted by atomic mass is 9.71. The van der Waals surface area contributed by atoms with Crippen molar-refractivity contribution in [3.8, 4) is 17.7 Å². The van der Waals surface area contributed by atoms with Crippen LogP contribution in [-0.2, 0) is 5.60 Å². The van der Waals surface area contributed by atoms with Gasteiger partial charge < -0.3 is 19.5 Å². The second-order valence-corrected chi connectivity index (χ2v) is 10.0. The van der Waals surface area contributed by atoms with Crippen LogP contribution in [0, 0.1) is 31.0 Å². The Kier molecular flexibility index (Phi) is 8.14. The highest BCUT2D eigenvalue weighted by molar-refractivity contribution is 5.82. The molecule has 0 saturated heterocycles. The monoisotopic (exact) mass is 528 g/mol. The van der Waals surface area contributed by atoms with Crippen molar-refractivity contribution in [3.05, 3.63) is 94.1 Å². The van der Waals surface area contributed by atoms with Crippen LogP contribution >= 0.6 is 0 Å². The molecule has 2 atom stereocenters. The van der Waals surface area contributed by atoms with E-state index in [2.05, 4.69) is 11.1 Å². The van der Waals surface area contributed by atoms with Crippen LogP contribution in [0.2, 0.25) is 0 Å². The maximum absolute atomic E-state index is 16.1.